The summed E-state index contributed by atoms with van der Waals surface area (Å²) in [5.41, 5.74) is 1.19. The topological polar surface area (TPSA) is 21.3 Å². The zero-order chi connectivity index (χ0) is 15.5. The summed E-state index contributed by atoms with van der Waals surface area (Å²) in [7, 11) is 0. The predicted molar refractivity (Wildman–Crippen MR) is 87.2 cm³/mol. The second-order valence-corrected chi connectivity index (χ2v) is 6.04. The van der Waals surface area contributed by atoms with Gasteiger partial charge in [0.2, 0.25) is 0 Å². The van der Waals surface area contributed by atoms with E-state index in [0.717, 1.165) is 45.6 Å². The molecule has 1 aromatic rings. The molecule has 1 aromatic carbocycles. The highest BCUT2D eigenvalue weighted by molar-refractivity contribution is 5.20. The molecule has 1 rings (SSSR count). The molecule has 120 valence electrons. The summed E-state index contributed by atoms with van der Waals surface area (Å²) in [6, 6.07) is 6.87. The third kappa shape index (κ3) is 8.18. The molecule has 21 heavy (non-hydrogen) atoms. The first-order valence-corrected chi connectivity index (χ1v) is 8.17. The van der Waals surface area contributed by atoms with Gasteiger partial charge in [-0.05, 0) is 55.3 Å². The van der Waals surface area contributed by atoms with Crippen LogP contribution >= 0.6 is 0 Å². The van der Waals surface area contributed by atoms with Gasteiger partial charge in [-0.2, -0.15) is 0 Å². The first-order chi connectivity index (χ1) is 10.1. The highest BCUT2D eigenvalue weighted by atomic mass is 19.1. The number of nitrogens with one attached hydrogen (secondary N) is 1. The molecule has 0 saturated heterocycles. The van der Waals surface area contributed by atoms with Gasteiger partial charge in [0.25, 0.3) is 0 Å². The number of ether oxygens (including phenoxy) is 1. The van der Waals surface area contributed by atoms with Crippen LogP contribution in [0, 0.1) is 11.7 Å². The lowest BCUT2D eigenvalue weighted by Crippen LogP contribution is -2.23. The van der Waals surface area contributed by atoms with Gasteiger partial charge >= 0.3 is 0 Å². The molecule has 2 nitrogen and oxygen atoms in total. The number of benzene rings is 1. The molecule has 3 heteroatoms. The molecule has 0 heterocycles. The van der Waals surface area contributed by atoms with Gasteiger partial charge in [-0.25, -0.2) is 4.39 Å². The first kappa shape index (κ1) is 18.1. The highest BCUT2D eigenvalue weighted by Crippen LogP contribution is 2.19. The molecule has 0 aliphatic carbocycles. The maximum atomic E-state index is 13.0. The minimum Gasteiger partial charge on any atom is -0.381 e. The van der Waals surface area contributed by atoms with E-state index in [0.29, 0.717) is 11.8 Å². The monoisotopic (exact) mass is 295 g/mol. The zero-order valence-corrected chi connectivity index (χ0v) is 13.7. The van der Waals surface area contributed by atoms with E-state index in [2.05, 4.69) is 26.1 Å². The Balaban J connectivity index is 2.42. The molecule has 0 amide bonds. The van der Waals surface area contributed by atoms with E-state index in [1.807, 2.05) is 12.1 Å². The zero-order valence-electron chi connectivity index (χ0n) is 13.7. The molecule has 1 N–H and O–H groups in total. The van der Waals surface area contributed by atoms with Crippen molar-refractivity contribution in [1.82, 2.24) is 5.32 Å². The van der Waals surface area contributed by atoms with Crippen molar-refractivity contribution in [1.29, 1.82) is 0 Å². The average Bonchev–Trinajstić information content (AvgIpc) is 2.46. The maximum absolute atomic E-state index is 13.0. The van der Waals surface area contributed by atoms with Crippen LogP contribution in [0.25, 0.3) is 0 Å². The van der Waals surface area contributed by atoms with Gasteiger partial charge in [0.05, 0.1) is 0 Å². The van der Waals surface area contributed by atoms with E-state index in [-0.39, 0.29) is 5.82 Å². The molecule has 0 aliphatic rings. The van der Waals surface area contributed by atoms with Crippen LogP contribution in [0.3, 0.4) is 0 Å². The average molecular weight is 295 g/mol. The minimum atomic E-state index is -0.174. The van der Waals surface area contributed by atoms with Crippen molar-refractivity contribution in [2.75, 3.05) is 26.3 Å². The number of rotatable bonds is 11. The van der Waals surface area contributed by atoms with Crippen molar-refractivity contribution < 1.29 is 9.13 Å². The van der Waals surface area contributed by atoms with Crippen molar-refractivity contribution in [3.05, 3.63) is 35.6 Å². The van der Waals surface area contributed by atoms with Crippen LogP contribution in [0.15, 0.2) is 24.3 Å². The smallest absolute Gasteiger partial charge is 0.123 e. The normalized spacial score (nSPS) is 12.8. The summed E-state index contributed by atoms with van der Waals surface area (Å²) in [6.45, 7) is 10.1. The van der Waals surface area contributed by atoms with Gasteiger partial charge in [0.1, 0.15) is 5.82 Å². The van der Waals surface area contributed by atoms with Crippen molar-refractivity contribution in [3.63, 3.8) is 0 Å². The van der Waals surface area contributed by atoms with Crippen LogP contribution in [0.2, 0.25) is 0 Å². The van der Waals surface area contributed by atoms with Crippen molar-refractivity contribution in [3.8, 4) is 0 Å². The van der Waals surface area contributed by atoms with Crippen LogP contribution in [-0.2, 0) is 4.74 Å². The molecule has 0 fully saturated rings. The second-order valence-electron chi connectivity index (χ2n) is 6.04. The summed E-state index contributed by atoms with van der Waals surface area (Å²) in [5.74, 6) is 0.896. The van der Waals surface area contributed by atoms with Gasteiger partial charge in [-0.3, -0.25) is 0 Å². The lowest BCUT2D eigenvalue weighted by Gasteiger charge is -2.18. The number of hydrogen-bond donors (Lipinski definition) is 1. The van der Waals surface area contributed by atoms with Gasteiger partial charge < -0.3 is 10.1 Å². The standard InChI is InChI=1S/C18H30FNO/c1-4-11-20-14-17(10-13-21-12-9-15(2)3)16-5-7-18(19)8-6-16/h5-8,15,17,20H,4,9-14H2,1-3H3. The molecule has 0 aliphatic heterocycles. The SMILES string of the molecule is CCCNCC(CCOCCC(C)C)c1ccc(F)cc1. The molecule has 0 radical (unpaired) electrons. The van der Waals surface area contributed by atoms with E-state index in [1.165, 1.54) is 5.56 Å². The summed E-state index contributed by atoms with van der Waals surface area (Å²) < 4.78 is 18.8. The van der Waals surface area contributed by atoms with Crippen LogP contribution in [-0.4, -0.2) is 26.3 Å². The fourth-order valence-corrected chi connectivity index (χ4v) is 2.22. The highest BCUT2D eigenvalue weighted by Gasteiger charge is 2.11. The van der Waals surface area contributed by atoms with Crippen LogP contribution in [0.1, 0.15) is 51.5 Å². The van der Waals surface area contributed by atoms with Gasteiger partial charge in [-0.15, -0.1) is 0 Å². The van der Waals surface area contributed by atoms with Crippen LogP contribution < -0.4 is 5.32 Å². The summed E-state index contributed by atoms with van der Waals surface area (Å²) in [6.07, 6.45) is 3.21. The minimum absolute atomic E-state index is 0.174. The van der Waals surface area contributed by atoms with E-state index in [9.17, 15) is 4.39 Å². The Labute approximate surface area is 129 Å². The van der Waals surface area contributed by atoms with E-state index in [1.54, 1.807) is 12.1 Å². The lowest BCUT2D eigenvalue weighted by molar-refractivity contribution is 0.116. The van der Waals surface area contributed by atoms with Crippen molar-refractivity contribution in [2.24, 2.45) is 5.92 Å². The second kappa shape index (κ2) is 10.7. The largest absolute Gasteiger partial charge is 0.381 e. The molecule has 0 spiro atoms. The van der Waals surface area contributed by atoms with E-state index >= 15 is 0 Å². The Hall–Kier alpha value is -0.930. The summed E-state index contributed by atoms with van der Waals surface area (Å²) in [5, 5.41) is 3.46. The molecule has 0 aromatic heterocycles. The van der Waals surface area contributed by atoms with Crippen molar-refractivity contribution in [2.45, 2.75) is 46.0 Å². The van der Waals surface area contributed by atoms with Gasteiger partial charge in [0.15, 0.2) is 0 Å². The van der Waals surface area contributed by atoms with E-state index < -0.39 is 0 Å². The Morgan fingerprint density at radius 2 is 1.76 bits per heavy atom. The van der Waals surface area contributed by atoms with Gasteiger partial charge in [0, 0.05) is 19.8 Å². The quantitative estimate of drug-likeness (QED) is 0.612. The van der Waals surface area contributed by atoms with E-state index in [4.69, 9.17) is 4.74 Å². The van der Waals surface area contributed by atoms with Crippen molar-refractivity contribution >= 4 is 0 Å². The molecule has 0 saturated carbocycles. The summed E-state index contributed by atoms with van der Waals surface area (Å²) in [4.78, 5) is 0. The molecular formula is C18H30FNO. The Bertz CT molecular complexity index is 364. The predicted octanol–water partition coefficient (Wildman–Crippen LogP) is 4.36. The molecule has 1 unspecified atom stereocenters. The maximum Gasteiger partial charge on any atom is 0.123 e. The van der Waals surface area contributed by atoms with Crippen LogP contribution in [0.4, 0.5) is 4.39 Å². The number of halogens is 1. The molecule has 1 atom stereocenters. The fraction of sp³-hybridized carbons (Fsp3) is 0.667. The Morgan fingerprint density at radius 1 is 1.10 bits per heavy atom. The molecular weight excluding hydrogens is 265 g/mol. The van der Waals surface area contributed by atoms with Crippen LogP contribution in [0.5, 0.6) is 0 Å². The fourth-order valence-electron chi connectivity index (χ4n) is 2.22. The van der Waals surface area contributed by atoms with Gasteiger partial charge in [-0.1, -0.05) is 32.9 Å². The Kier molecular flexibility index (Phi) is 9.27. The molecule has 0 bridgehead atoms. The summed E-state index contributed by atoms with van der Waals surface area (Å²) >= 11 is 0. The third-order valence-electron chi connectivity index (χ3n) is 3.61. The Morgan fingerprint density at radius 3 is 2.38 bits per heavy atom. The first-order valence-electron chi connectivity index (χ1n) is 8.17. The number of hydrogen-bond acceptors (Lipinski definition) is 2. The lowest BCUT2D eigenvalue weighted by atomic mass is 9.96. The third-order valence-corrected chi connectivity index (χ3v) is 3.61.